The topological polar surface area (TPSA) is 85.9 Å². The Labute approximate surface area is 173 Å². The molecule has 160 valence electrons. The quantitative estimate of drug-likeness (QED) is 0.533. The van der Waals surface area contributed by atoms with Crippen LogP contribution < -0.4 is 10.1 Å². The number of halogens is 6. The Hall–Kier alpha value is -3.02. The number of nitriles is 2. The van der Waals surface area contributed by atoms with Gasteiger partial charge in [-0.05, 0) is 43.3 Å². The van der Waals surface area contributed by atoms with Crippen molar-refractivity contribution in [3.05, 3.63) is 58.6 Å². The maximum atomic E-state index is 12.8. The molecule has 1 unspecified atom stereocenters. The molecule has 2 aromatic carbocycles. The van der Waals surface area contributed by atoms with Crippen molar-refractivity contribution in [2.24, 2.45) is 0 Å². The Morgan fingerprint density at radius 2 is 1.73 bits per heavy atom. The first-order valence-electron chi connectivity index (χ1n) is 7.97. The minimum atomic E-state index is -9.85. The molecule has 2 aromatic rings. The number of carbonyl (C=O) groups is 1. The van der Waals surface area contributed by atoms with E-state index in [0.717, 1.165) is 0 Å². The van der Waals surface area contributed by atoms with Crippen LogP contribution in [0.2, 0.25) is 5.02 Å². The van der Waals surface area contributed by atoms with E-state index in [1.165, 1.54) is 25.1 Å². The molecule has 0 aliphatic carbocycles. The summed E-state index contributed by atoms with van der Waals surface area (Å²) < 4.78 is 69.2. The average molecular weight is 466 g/mol. The second-order valence-electron chi connectivity index (χ2n) is 6.43. The van der Waals surface area contributed by atoms with Crippen LogP contribution in [0.15, 0.2) is 47.4 Å². The molecule has 1 N–H and O–H groups in total. The van der Waals surface area contributed by atoms with Gasteiger partial charge in [0, 0.05) is 11.6 Å². The molecule has 0 bridgehead atoms. The number of amides is 1. The Bertz CT molecular complexity index is 1080. The molecule has 1 atom stereocenters. The summed E-state index contributed by atoms with van der Waals surface area (Å²) in [4.78, 5) is 10.1. The molecule has 0 spiro atoms. The van der Waals surface area contributed by atoms with Crippen LogP contribution in [0.5, 0.6) is 5.75 Å². The van der Waals surface area contributed by atoms with Gasteiger partial charge in [-0.1, -0.05) is 31.0 Å². The summed E-state index contributed by atoms with van der Waals surface area (Å²) in [6.45, 7) is 0.917. The van der Waals surface area contributed by atoms with Gasteiger partial charge in [-0.25, -0.2) is 0 Å². The van der Waals surface area contributed by atoms with Gasteiger partial charge in [0.05, 0.1) is 16.7 Å². The standard InChI is InChI=1S/C18H13ClF5N3O2S/c1-18(10-26,11-29-14-5-2-13(9-25)16(19)8-14)27-17(28)12-3-6-15(7-4-12)30(20,21,22,23)24/h2-8H,11H2,1H3,(H,27,28). The number of rotatable bonds is 6. The summed E-state index contributed by atoms with van der Waals surface area (Å²) in [5.41, 5.74) is -1.77. The van der Waals surface area contributed by atoms with E-state index in [0.29, 0.717) is 12.1 Å². The van der Waals surface area contributed by atoms with Crippen molar-refractivity contribution < 1.29 is 29.0 Å². The predicted octanol–water partition coefficient (Wildman–Crippen LogP) is 5.96. The second kappa shape index (κ2) is 7.04. The fourth-order valence-electron chi connectivity index (χ4n) is 2.19. The lowest BCUT2D eigenvalue weighted by Crippen LogP contribution is -2.49. The Morgan fingerprint density at radius 3 is 2.20 bits per heavy atom. The summed E-state index contributed by atoms with van der Waals surface area (Å²) in [6.07, 6.45) is 0. The lowest BCUT2D eigenvalue weighted by molar-refractivity contribution is 0.0901. The van der Waals surface area contributed by atoms with E-state index < -0.39 is 26.6 Å². The first-order valence-corrected chi connectivity index (χ1v) is 10.3. The number of hydrogen-bond acceptors (Lipinski definition) is 4. The third-order valence-electron chi connectivity index (χ3n) is 3.79. The molecule has 0 heterocycles. The van der Waals surface area contributed by atoms with Gasteiger partial charge in [0.2, 0.25) is 0 Å². The smallest absolute Gasteiger partial charge is 0.310 e. The molecule has 0 aromatic heterocycles. The predicted molar refractivity (Wildman–Crippen MR) is 101 cm³/mol. The van der Waals surface area contributed by atoms with E-state index in [4.69, 9.17) is 21.6 Å². The molecule has 0 saturated carbocycles. The highest BCUT2D eigenvalue weighted by Crippen LogP contribution is 3.02. The molecule has 30 heavy (non-hydrogen) atoms. The van der Waals surface area contributed by atoms with E-state index in [9.17, 15) is 29.5 Å². The van der Waals surface area contributed by atoms with Gasteiger partial charge in [0.15, 0.2) is 5.54 Å². The zero-order valence-electron chi connectivity index (χ0n) is 15.1. The van der Waals surface area contributed by atoms with Crippen molar-refractivity contribution in [3.8, 4) is 17.9 Å². The van der Waals surface area contributed by atoms with Gasteiger partial charge in [-0.2, -0.15) is 10.5 Å². The van der Waals surface area contributed by atoms with Gasteiger partial charge in [0.1, 0.15) is 23.3 Å². The van der Waals surface area contributed by atoms with Crippen molar-refractivity contribution >= 4 is 27.7 Å². The van der Waals surface area contributed by atoms with Gasteiger partial charge < -0.3 is 10.1 Å². The Morgan fingerprint density at radius 1 is 1.13 bits per heavy atom. The minimum absolute atomic E-state index is 0.107. The molecule has 0 saturated heterocycles. The molecule has 0 fully saturated rings. The van der Waals surface area contributed by atoms with Gasteiger partial charge in [-0.3, -0.25) is 4.79 Å². The van der Waals surface area contributed by atoms with Crippen molar-refractivity contribution in [2.75, 3.05) is 6.61 Å². The summed E-state index contributed by atoms with van der Waals surface area (Å²) >= 11 is 5.87. The lowest BCUT2D eigenvalue weighted by atomic mass is 10.1. The monoisotopic (exact) mass is 465 g/mol. The number of benzene rings is 2. The fourth-order valence-corrected chi connectivity index (χ4v) is 3.05. The van der Waals surface area contributed by atoms with Gasteiger partial charge >= 0.3 is 10.2 Å². The zero-order chi connectivity index (χ0) is 22.9. The van der Waals surface area contributed by atoms with Crippen LogP contribution in [-0.4, -0.2) is 18.1 Å². The zero-order valence-corrected chi connectivity index (χ0v) is 16.7. The van der Waals surface area contributed by atoms with Crippen molar-refractivity contribution in [2.45, 2.75) is 17.4 Å². The van der Waals surface area contributed by atoms with Crippen molar-refractivity contribution in [3.63, 3.8) is 0 Å². The van der Waals surface area contributed by atoms with E-state index in [1.54, 1.807) is 6.07 Å². The maximum absolute atomic E-state index is 12.8. The first-order chi connectivity index (χ1) is 13.6. The average Bonchev–Trinajstić information content (AvgIpc) is 2.65. The number of ether oxygens (including phenoxy) is 1. The lowest BCUT2D eigenvalue weighted by Gasteiger charge is -2.40. The molecule has 0 aliphatic heterocycles. The molecule has 0 radical (unpaired) electrons. The first kappa shape index (κ1) is 23.3. The molecule has 5 nitrogen and oxygen atoms in total. The number of nitrogens with zero attached hydrogens (tertiary/aromatic N) is 2. The second-order valence-corrected chi connectivity index (χ2v) is 9.25. The number of hydrogen-bond donors (Lipinski definition) is 1. The van der Waals surface area contributed by atoms with Crippen LogP contribution in [0, 0.1) is 22.7 Å². The van der Waals surface area contributed by atoms with Crippen LogP contribution >= 0.6 is 21.8 Å². The van der Waals surface area contributed by atoms with Gasteiger partial charge in [-0.15, -0.1) is 0 Å². The molecular weight excluding hydrogens is 453 g/mol. The highest BCUT2D eigenvalue weighted by atomic mass is 35.5. The van der Waals surface area contributed by atoms with Gasteiger partial charge in [0.25, 0.3) is 5.91 Å². The van der Waals surface area contributed by atoms with E-state index in [-0.39, 0.29) is 40.6 Å². The van der Waals surface area contributed by atoms with Crippen LogP contribution in [0.25, 0.3) is 0 Å². The molecule has 12 heteroatoms. The Balaban J connectivity index is 2.13. The van der Waals surface area contributed by atoms with Crippen molar-refractivity contribution in [1.29, 1.82) is 10.5 Å². The number of nitrogens with one attached hydrogen (secondary N) is 1. The summed E-state index contributed by atoms with van der Waals surface area (Å²) in [5.74, 6) is -0.760. The molecule has 1 amide bonds. The maximum Gasteiger partial charge on any atom is 0.310 e. The van der Waals surface area contributed by atoms with E-state index in [2.05, 4.69) is 5.32 Å². The summed E-state index contributed by atoms with van der Waals surface area (Å²) in [6, 6.07) is 9.18. The van der Waals surface area contributed by atoms with Crippen molar-refractivity contribution in [1.82, 2.24) is 5.32 Å². The molecule has 2 rings (SSSR count). The highest BCUT2D eigenvalue weighted by molar-refractivity contribution is 8.45. The normalized spacial score (nSPS) is 15.5. The van der Waals surface area contributed by atoms with E-state index >= 15 is 0 Å². The number of carbonyl (C=O) groups excluding carboxylic acids is 1. The van der Waals surface area contributed by atoms with Crippen LogP contribution in [0.3, 0.4) is 0 Å². The van der Waals surface area contributed by atoms with Crippen LogP contribution in [0.1, 0.15) is 22.8 Å². The summed E-state index contributed by atoms with van der Waals surface area (Å²) in [5, 5.41) is 20.6. The largest absolute Gasteiger partial charge is 0.490 e. The minimum Gasteiger partial charge on any atom is -0.490 e. The molecule has 0 aliphatic rings. The van der Waals surface area contributed by atoms with Crippen LogP contribution in [0.4, 0.5) is 19.4 Å². The van der Waals surface area contributed by atoms with Crippen LogP contribution in [-0.2, 0) is 0 Å². The Kier molecular flexibility index (Phi) is 5.46. The SMILES string of the molecule is CC(C#N)(COc1ccc(C#N)c(Cl)c1)NC(=O)c1ccc(S(F)(F)(F)(F)F)cc1. The third-order valence-corrected chi connectivity index (χ3v) is 5.26. The summed E-state index contributed by atoms with van der Waals surface area (Å²) in [7, 11) is -9.85. The third kappa shape index (κ3) is 5.75. The fraction of sp³-hybridized carbons (Fsp3) is 0.167. The van der Waals surface area contributed by atoms with E-state index in [1.807, 2.05) is 6.07 Å². The molecular formula is C18H13ClF5N3O2S. The highest BCUT2D eigenvalue weighted by Gasteiger charge is 2.65.